The minimum Gasteiger partial charge on any atom is -0.462 e. The summed E-state index contributed by atoms with van der Waals surface area (Å²) in [4.78, 5) is 72.0. The third-order valence-electron chi connectivity index (χ3n) is 15.0. The molecule has 0 aliphatic heterocycles. The summed E-state index contributed by atoms with van der Waals surface area (Å²) in [6.07, 6.45) is 43.6. The van der Waals surface area contributed by atoms with Crippen molar-refractivity contribution in [3.8, 4) is 0 Å². The van der Waals surface area contributed by atoms with E-state index in [4.69, 9.17) is 37.0 Å². The molecule has 0 aromatic rings. The Hall–Kier alpha value is -1.94. The minimum atomic E-state index is -4.94. The summed E-state index contributed by atoms with van der Waals surface area (Å²) >= 11 is 0. The normalized spacial score (nSPS) is 14.2. The van der Waals surface area contributed by atoms with Gasteiger partial charge in [0, 0.05) is 25.7 Å². The Labute approximate surface area is 511 Å². The smallest absolute Gasteiger partial charge is 0.462 e. The molecule has 0 heterocycles. The van der Waals surface area contributed by atoms with Crippen LogP contribution in [-0.2, 0) is 65.4 Å². The van der Waals surface area contributed by atoms with Crippen LogP contribution in [0.1, 0.15) is 330 Å². The molecule has 0 saturated heterocycles. The van der Waals surface area contributed by atoms with Gasteiger partial charge in [0.1, 0.15) is 19.3 Å². The molecule has 0 aliphatic carbocycles. The number of phosphoric acid groups is 2. The number of phosphoric ester groups is 2. The molecule has 3 N–H and O–H groups in total. The van der Waals surface area contributed by atoms with Gasteiger partial charge in [0.15, 0.2) is 12.2 Å². The zero-order valence-corrected chi connectivity index (χ0v) is 55.8. The Morgan fingerprint density at radius 2 is 0.548 bits per heavy atom. The fraction of sp³-hybridized carbons (Fsp3) is 0.938. The number of aliphatic hydroxyl groups excluding tert-OH is 1. The molecular weight excluding hydrogens is 1110 g/mol. The third kappa shape index (κ3) is 59.0. The summed E-state index contributed by atoms with van der Waals surface area (Å²) in [5, 5.41) is 10.5. The molecule has 5 atom stereocenters. The van der Waals surface area contributed by atoms with Gasteiger partial charge in [-0.05, 0) is 31.6 Å². The Balaban J connectivity index is 5.16. The second-order valence-electron chi connectivity index (χ2n) is 24.0. The van der Waals surface area contributed by atoms with Crippen molar-refractivity contribution in [1.29, 1.82) is 0 Å². The molecule has 84 heavy (non-hydrogen) atoms. The fourth-order valence-electron chi connectivity index (χ4n) is 9.76. The lowest BCUT2D eigenvalue weighted by Crippen LogP contribution is -2.30. The molecule has 0 aromatic carbocycles. The minimum absolute atomic E-state index is 0.101. The van der Waals surface area contributed by atoms with Crippen molar-refractivity contribution in [2.45, 2.75) is 348 Å². The van der Waals surface area contributed by atoms with E-state index < -0.39 is 97.5 Å². The molecule has 17 nitrogen and oxygen atoms in total. The number of carbonyl (C=O) groups excluding carboxylic acids is 4. The van der Waals surface area contributed by atoms with E-state index in [2.05, 4.69) is 34.6 Å². The lowest BCUT2D eigenvalue weighted by atomic mass is 10.0. The van der Waals surface area contributed by atoms with E-state index in [9.17, 15) is 43.2 Å². The molecule has 0 amide bonds. The fourth-order valence-corrected chi connectivity index (χ4v) is 11.3. The highest BCUT2D eigenvalue weighted by Crippen LogP contribution is 2.45. The van der Waals surface area contributed by atoms with Gasteiger partial charge in [-0.2, -0.15) is 0 Å². The molecule has 0 bridgehead atoms. The third-order valence-corrected chi connectivity index (χ3v) is 16.9. The van der Waals surface area contributed by atoms with E-state index in [1.54, 1.807) is 0 Å². The topological polar surface area (TPSA) is 237 Å². The van der Waals surface area contributed by atoms with Crippen LogP contribution in [0.3, 0.4) is 0 Å². The molecule has 0 aliphatic rings. The van der Waals surface area contributed by atoms with E-state index in [-0.39, 0.29) is 25.7 Å². The van der Waals surface area contributed by atoms with Crippen LogP contribution in [0.2, 0.25) is 0 Å². The molecular formula is C65H126O17P2. The van der Waals surface area contributed by atoms with Gasteiger partial charge in [-0.3, -0.25) is 37.3 Å². The number of hydrogen-bond acceptors (Lipinski definition) is 15. The van der Waals surface area contributed by atoms with Crippen LogP contribution >= 0.6 is 15.6 Å². The number of aliphatic hydroxyl groups is 1. The van der Waals surface area contributed by atoms with Crippen molar-refractivity contribution in [1.82, 2.24) is 0 Å². The van der Waals surface area contributed by atoms with Crippen LogP contribution < -0.4 is 0 Å². The molecule has 498 valence electrons. The average Bonchev–Trinajstić information content (AvgIpc) is 3.57. The van der Waals surface area contributed by atoms with Gasteiger partial charge in [-0.15, -0.1) is 0 Å². The maximum Gasteiger partial charge on any atom is 0.472 e. The average molecular weight is 1240 g/mol. The van der Waals surface area contributed by atoms with Gasteiger partial charge < -0.3 is 33.8 Å². The van der Waals surface area contributed by atoms with Crippen LogP contribution in [0.15, 0.2) is 0 Å². The predicted molar refractivity (Wildman–Crippen MR) is 335 cm³/mol. The summed E-state index contributed by atoms with van der Waals surface area (Å²) in [5.41, 5.74) is 0. The van der Waals surface area contributed by atoms with Gasteiger partial charge in [0.2, 0.25) is 0 Å². The standard InChI is InChI=1S/C65H126O17P2/c1-6-9-12-15-17-19-21-23-25-27-29-31-33-39-44-49-63(68)76-55-61(81-64(69)50-45-40-34-32-30-28-26-24-22-20-18-16-13-10-7-2)57-80-84(73,74)78-53-59(66)52-77-83(71,72)79-56-60(54-75-62(67)48-43-37-14-11-8-3)82-65(70)51-46-41-36-35-38-42-47-58(4)5/h58-61,66H,6-57H2,1-5H3,(H,71,72)(H,73,74)/t59-,60+,61+/m0/s1. The van der Waals surface area contributed by atoms with E-state index in [0.29, 0.717) is 31.6 Å². The maximum absolute atomic E-state index is 13.0. The molecule has 0 aromatic heterocycles. The number of unbranched alkanes of at least 4 members (excludes halogenated alkanes) is 37. The molecule has 0 fully saturated rings. The second-order valence-corrected chi connectivity index (χ2v) is 26.9. The van der Waals surface area contributed by atoms with Crippen molar-refractivity contribution in [2.24, 2.45) is 5.92 Å². The molecule has 2 unspecified atom stereocenters. The largest absolute Gasteiger partial charge is 0.472 e. The van der Waals surface area contributed by atoms with Gasteiger partial charge in [-0.1, -0.05) is 279 Å². The summed E-state index contributed by atoms with van der Waals surface area (Å²) in [5.74, 6) is -1.47. The first-order valence-corrected chi connectivity index (χ1v) is 37.1. The second kappa shape index (κ2) is 58.7. The summed E-state index contributed by atoms with van der Waals surface area (Å²) in [6.45, 7) is 7.03. The van der Waals surface area contributed by atoms with Crippen LogP contribution in [0.5, 0.6) is 0 Å². The zero-order valence-electron chi connectivity index (χ0n) is 54.0. The van der Waals surface area contributed by atoms with Crippen molar-refractivity contribution in [2.75, 3.05) is 39.6 Å². The first kappa shape index (κ1) is 82.1. The highest BCUT2D eigenvalue weighted by atomic mass is 31.2. The van der Waals surface area contributed by atoms with Crippen LogP contribution in [0.25, 0.3) is 0 Å². The summed E-state index contributed by atoms with van der Waals surface area (Å²) in [6, 6.07) is 0. The number of carbonyl (C=O) groups is 4. The van der Waals surface area contributed by atoms with Crippen LogP contribution in [0, 0.1) is 5.92 Å². The highest BCUT2D eigenvalue weighted by Gasteiger charge is 2.30. The Kier molecular flexibility index (Phi) is 57.4. The maximum atomic E-state index is 13.0. The van der Waals surface area contributed by atoms with Gasteiger partial charge in [0.25, 0.3) is 0 Å². The van der Waals surface area contributed by atoms with Crippen LogP contribution in [-0.4, -0.2) is 96.7 Å². The lowest BCUT2D eigenvalue weighted by molar-refractivity contribution is -0.161. The Bertz CT molecular complexity index is 1640. The first-order valence-electron chi connectivity index (χ1n) is 34.1. The number of hydrogen-bond donors (Lipinski definition) is 3. The molecule has 19 heteroatoms. The van der Waals surface area contributed by atoms with E-state index >= 15 is 0 Å². The zero-order chi connectivity index (χ0) is 62.0. The Morgan fingerprint density at radius 3 is 0.810 bits per heavy atom. The van der Waals surface area contributed by atoms with Crippen molar-refractivity contribution < 1.29 is 80.2 Å². The summed E-state index contributed by atoms with van der Waals surface area (Å²) < 4.78 is 67.8. The van der Waals surface area contributed by atoms with E-state index in [1.807, 2.05) is 0 Å². The molecule has 0 radical (unpaired) electrons. The lowest BCUT2D eigenvalue weighted by Gasteiger charge is -2.21. The summed E-state index contributed by atoms with van der Waals surface area (Å²) in [7, 11) is -9.88. The number of ether oxygens (including phenoxy) is 4. The van der Waals surface area contributed by atoms with E-state index in [1.165, 1.54) is 148 Å². The number of rotatable bonds is 65. The first-order chi connectivity index (χ1) is 40.5. The van der Waals surface area contributed by atoms with Crippen molar-refractivity contribution in [3.05, 3.63) is 0 Å². The predicted octanol–water partition coefficient (Wildman–Crippen LogP) is 18.2. The van der Waals surface area contributed by atoms with Crippen molar-refractivity contribution in [3.63, 3.8) is 0 Å². The molecule has 0 saturated carbocycles. The monoisotopic (exact) mass is 1240 g/mol. The number of esters is 4. The highest BCUT2D eigenvalue weighted by molar-refractivity contribution is 7.47. The van der Waals surface area contributed by atoms with E-state index in [0.717, 1.165) is 96.3 Å². The SMILES string of the molecule is CCCCCCCCCCCCCCCCCC(=O)OC[C@H](COP(=O)(O)OC[C@@H](O)COP(=O)(O)OC[C@@H](COC(=O)CCCCCCC)OC(=O)CCCCCCCCC(C)C)OC(=O)CCCCCCCCCCCCCCCCC. The van der Waals surface area contributed by atoms with Gasteiger partial charge >= 0.3 is 39.5 Å². The quantitative estimate of drug-likeness (QED) is 0.0222. The molecule has 0 spiro atoms. The van der Waals surface area contributed by atoms with Gasteiger partial charge in [-0.25, -0.2) is 9.13 Å². The molecule has 0 rings (SSSR count). The van der Waals surface area contributed by atoms with Crippen molar-refractivity contribution >= 4 is 39.5 Å². The Morgan fingerprint density at radius 1 is 0.321 bits per heavy atom. The van der Waals surface area contributed by atoms with Gasteiger partial charge in [0.05, 0.1) is 26.4 Å². The van der Waals surface area contributed by atoms with Crippen LogP contribution in [0.4, 0.5) is 0 Å².